The third-order valence-electron chi connectivity index (χ3n) is 3.55. The Balaban J connectivity index is 0.00000122. The Morgan fingerprint density at radius 2 is 1.76 bits per heavy atom. The average molecular weight is 319 g/mol. The van der Waals surface area contributed by atoms with Gasteiger partial charge in [0.05, 0.1) is 6.04 Å². The Morgan fingerprint density at radius 3 is 2.24 bits per heavy atom. The molecule has 0 aromatic rings. The van der Waals surface area contributed by atoms with Crippen LogP contribution in [0.25, 0.3) is 0 Å². The lowest BCUT2D eigenvalue weighted by atomic mass is 9.91. The number of carbonyl (C=O) groups excluding carboxylic acids is 1. The van der Waals surface area contributed by atoms with Crippen LogP contribution in [-0.2, 0) is 15.6 Å². The number of rotatable bonds is 8. The highest BCUT2D eigenvalue weighted by Crippen LogP contribution is 2.24. The molecule has 0 bridgehead atoms. The fraction of sp³-hybridized carbons (Fsp3) is 0.938. The van der Waals surface area contributed by atoms with Crippen LogP contribution in [-0.4, -0.2) is 34.6 Å². The largest absolute Gasteiger partial charge is 0.298 e. The van der Waals surface area contributed by atoms with E-state index in [1.54, 1.807) is 7.05 Å². The standard InChI is InChI=1S/C13H26N2O2S.C3H8/c1-3-13(16)12(15-14-2)10-18(17)9-11-7-5-4-6-8-11;1-3-2/h11-12,14-15H,3-10H2,1-2H3;3H2,1-2H3. The lowest BCUT2D eigenvalue weighted by Gasteiger charge is -2.22. The quantitative estimate of drug-likeness (QED) is 0.676. The van der Waals surface area contributed by atoms with Gasteiger partial charge in [0.1, 0.15) is 0 Å². The van der Waals surface area contributed by atoms with E-state index in [9.17, 15) is 9.00 Å². The van der Waals surface area contributed by atoms with E-state index in [-0.39, 0.29) is 11.8 Å². The monoisotopic (exact) mass is 318 g/mol. The Kier molecular flexibility index (Phi) is 13.2. The first-order chi connectivity index (χ1) is 10.1. The third kappa shape index (κ3) is 10.1. The van der Waals surface area contributed by atoms with Gasteiger partial charge in [0.15, 0.2) is 5.78 Å². The van der Waals surface area contributed by atoms with Crippen LogP contribution in [0.1, 0.15) is 65.7 Å². The van der Waals surface area contributed by atoms with E-state index in [0.717, 1.165) is 5.75 Å². The number of hydrazine groups is 1. The first-order valence-corrected chi connectivity index (χ1v) is 9.87. The van der Waals surface area contributed by atoms with Crippen molar-refractivity contribution in [2.75, 3.05) is 18.6 Å². The minimum absolute atomic E-state index is 0.126. The molecule has 0 aromatic carbocycles. The number of hydrogen-bond acceptors (Lipinski definition) is 4. The Labute approximate surface area is 133 Å². The summed E-state index contributed by atoms with van der Waals surface area (Å²) in [4.78, 5) is 11.7. The molecule has 21 heavy (non-hydrogen) atoms. The van der Waals surface area contributed by atoms with Gasteiger partial charge in [-0.15, -0.1) is 0 Å². The van der Waals surface area contributed by atoms with Crippen molar-refractivity contribution in [3.8, 4) is 0 Å². The Morgan fingerprint density at radius 1 is 1.19 bits per heavy atom. The summed E-state index contributed by atoms with van der Waals surface area (Å²) in [5, 5.41) is 0. The average Bonchev–Trinajstić information content (AvgIpc) is 2.48. The predicted molar refractivity (Wildman–Crippen MR) is 91.7 cm³/mol. The van der Waals surface area contributed by atoms with Gasteiger partial charge in [-0.1, -0.05) is 46.5 Å². The summed E-state index contributed by atoms with van der Waals surface area (Å²) in [6.45, 7) is 6.09. The van der Waals surface area contributed by atoms with Gasteiger partial charge in [0.2, 0.25) is 0 Å². The molecule has 0 radical (unpaired) electrons. The molecular formula is C16H34N2O2S. The van der Waals surface area contributed by atoms with Crippen molar-refractivity contribution in [3.63, 3.8) is 0 Å². The molecule has 0 heterocycles. The number of hydrogen-bond donors (Lipinski definition) is 2. The van der Waals surface area contributed by atoms with E-state index in [1.807, 2.05) is 6.92 Å². The van der Waals surface area contributed by atoms with Gasteiger partial charge >= 0.3 is 0 Å². The number of Topliss-reactive ketones (excluding diaryl/α,β-unsaturated/α-hetero) is 1. The zero-order chi connectivity index (χ0) is 16.1. The van der Waals surface area contributed by atoms with Crippen LogP contribution < -0.4 is 10.9 Å². The summed E-state index contributed by atoms with van der Waals surface area (Å²) in [5.41, 5.74) is 5.70. The summed E-state index contributed by atoms with van der Waals surface area (Å²) in [6.07, 6.45) is 8.01. The molecule has 126 valence electrons. The third-order valence-corrected chi connectivity index (χ3v) is 5.10. The molecule has 1 aliphatic carbocycles. The van der Waals surface area contributed by atoms with Gasteiger partial charge in [-0.05, 0) is 25.8 Å². The fourth-order valence-electron chi connectivity index (χ4n) is 2.51. The number of ketones is 1. The van der Waals surface area contributed by atoms with Crippen molar-refractivity contribution in [3.05, 3.63) is 0 Å². The van der Waals surface area contributed by atoms with Crippen molar-refractivity contribution in [2.45, 2.75) is 71.8 Å². The lowest BCUT2D eigenvalue weighted by molar-refractivity contribution is -0.120. The second-order valence-corrected chi connectivity index (χ2v) is 7.30. The second kappa shape index (κ2) is 13.4. The summed E-state index contributed by atoms with van der Waals surface area (Å²) in [7, 11) is 0.841. The van der Waals surface area contributed by atoms with Gasteiger partial charge in [-0.2, -0.15) is 0 Å². The predicted octanol–water partition coefficient (Wildman–Crippen LogP) is 2.80. The maximum Gasteiger partial charge on any atom is 0.151 e. The first-order valence-electron chi connectivity index (χ1n) is 8.38. The number of carbonyl (C=O) groups is 1. The molecule has 1 aliphatic rings. The molecule has 0 aromatic heterocycles. The molecule has 2 N–H and O–H groups in total. The molecule has 1 fully saturated rings. The van der Waals surface area contributed by atoms with Crippen LogP contribution in [0.2, 0.25) is 0 Å². The molecule has 5 heteroatoms. The SMILES string of the molecule is CCC.CCC(=O)C(CS(=O)CC1CCCCC1)NNC. The molecule has 0 spiro atoms. The van der Waals surface area contributed by atoms with Crippen molar-refractivity contribution >= 4 is 16.6 Å². The maximum absolute atomic E-state index is 12.1. The molecule has 2 atom stereocenters. The first kappa shape index (κ1) is 20.7. The van der Waals surface area contributed by atoms with Crippen LogP contribution in [0.4, 0.5) is 0 Å². The maximum atomic E-state index is 12.1. The topological polar surface area (TPSA) is 58.2 Å². The molecule has 0 aliphatic heterocycles. The minimum Gasteiger partial charge on any atom is -0.298 e. The molecule has 1 saturated carbocycles. The van der Waals surface area contributed by atoms with Gasteiger partial charge < -0.3 is 0 Å². The second-order valence-electron chi connectivity index (χ2n) is 5.75. The van der Waals surface area contributed by atoms with Gasteiger partial charge in [0.25, 0.3) is 0 Å². The molecule has 1 rings (SSSR count). The van der Waals surface area contributed by atoms with Gasteiger partial charge in [-0.3, -0.25) is 14.4 Å². The van der Waals surface area contributed by atoms with E-state index < -0.39 is 10.8 Å². The highest BCUT2D eigenvalue weighted by molar-refractivity contribution is 7.85. The molecule has 0 amide bonds. The van der Waals surface area contributed by atoms with E-state index in [1.165, 1.54) is 38.5 Å². The normalized spacial score (nSPS) is 18.5. The zero-order valence-corrected chi connectivity index (χ0v) is 15.1. The van der Waals surface area contributed by atoms with Crippen LogP contribution in [0.3, 0.4) is 0 Å². The van der Waals surface area contributed by atoms with Crippen molar-refractivity contribution in [1.82, 2.24) is 10.9 Å². The lowest BCUT2D eigenvalue weighted by Crippen LogP contribution is -2.47. The highest BCUT2D eigenvalue weighted by atomic mass is 32.2. The van der Waals surface area contributed by atoms with Crippen molar-refractivity contribution in [1.29, 1.82) is 0 Å². The smallest absolute Gasteiger partial charge is 0.151 e. The minimum atomic E-state index is -0.895. The summed E-state index contributed by atoms with van der Waals surface area (Å²) < 4.78 is 12.1. The van der Waals surface area contributed by atoms with Gasteiger partial charge in [0, 0.05) is 28.7 Å². The number of nitrogens with one attached hydrogen (secondary N) is 2. The van der Waals surface area contributed by atoms with Crippen molar-refractivity contribution in [2.24, 2.45) is 5.92 Å². The van der Waals surface area contributed by atoms with Crippen LogP contribution in [0.15, 0.2) is 0 Å². The molecule has 0 saturated heterocycles. The van der Waals surface area contributed by atoms with E-state index >= 15 is 0 Å². The Hall–Kier alpha value is -0.260. The molecule has 4 nitrogen and oxygen atoms in total. The zero-order valence-electron chi connectivity index (χ0n) is 14.2. The summed E-state index contributed by atoms with van der Waals surface area (Å²) >= 11 is 0. The van der Waals surface area contributed by atoms with Crippen LogP contribution >= 0.6 is 0 Å². The van der Waals surface area contributed by atoms with Crippen LogP contribution in [0.5, 0.6) is 0 Å². The fourth-order valence-corrected chi connectivity index (χ4v) is 4.14. The molecular weight excluding hydrogens is 284 g/mol. The summed E-state index contributed by atoms with van der Waals surface area (Å²) in [5.74, 6) is 1.93. The van der Waals surface area contributed by atoms with Crippen LogP contribution in [0, 0.1) is 5.92 Å². The molecule has 2 unspecified atom stereocenters. The Bertz CT molecular complexity index is 292. The van der Waals surface area contributed by atoms with Gasteiger partial charge in [-0.25, -0.2) is 5.43 Å². The van der Waals surface area contributed by atoms with Crippen molar-refractivity contribution < 1.29 is 9.00 Å². The van der Waals surface area contributed by atoms with E-state index in [4.69, 9.17) is 0 Å². The summed E-state index contributed by atoms with van der Waals surface area (Å²) in [6, 6.07) is -0.315. The van der Waals surface area contributed by atoms with E-state index in [2.05, 4.69) is 24.7 Å². The highest BCUT2D eigenvalue weighted by Gasteiger charge is 2.22. The van der Waals surface area contributed by atoms with E-state index in [0.29, 0.717) is 18.1 Å².